The molecule has 1 fully saturated rings. The van der Waals surface area contributed by atoms with Crippen LogP contribution in [0.4, 0.5) is 0 Å². The van der Waals surface area contributed by atoms with E-state index in [0.29, 0.717) is 11.8 Å². The zero-order valence-corrected chi connectivity index (χ0v) is 12.0. The molecule has 1 amide bonds. The SMILES string of the molecule is O=C(CSC1CCCC1)NC1CCn2nccc2C1. The van der Waals surface area contributed by atoms with Crippen molar-refractivity contribution < 1.29 is 4.79 Å². The molecule has 4 nitrogen and oxygen atoms in total. The highest BCUT2D eigenvalue weighted by molar-refractivity contribution is 8.00. The number of carbonyl (C=O) groups is 1. The second kappa shape index (κ2) is 5.99. The lowest BCUT2D eigenvalue weighted by atomic mass is 10.0. The number of aryl methyl sites for hydroxylation is 1. The Morgan fingerprint density at radius 1 is 1.42 bits per heavy atom. The Balaban J connectivity index is 1.42. The van der Waals surface area contributed by atoms with E-state index in [1.165, 1.54) is 31.4 Å². The molecule has 0 radical (unpaired) electrons. The lowest BCUT2D eigenvalue weighted by Gasteiger charge is -2.24. The Kier molecular flexibility index (Phi) is 4.11. The highest BCUT2D eigenvalue weighted by Gasteiger charge is 2.21. The highest BCUT2D eigenvalue weighted by Crippen LogP contribution is 2.29. The summed E-state index contributed by atoms with van der Waals surface area (Å²) in [5.74, 6) is 0.829. The molecule has 5 heteroatoms. The number of nitrogens with one attached hydrogen (secondary N) is 1. The fourth-order valence-corrected chi connectivity index (χ4v) is 4.15. The average Bonchev–Trinajstić information content (AvgIpc) is 3.07. The molecule has 0 aromatic carbocycles. The first-order chi connectivity index (χ1) is 9.31. The predicted octanol–water partition coefficient (Wildman–Crippen LogP) is 1.99. The summed E-state index contributed by atoms with van der Waals surface area (Å²) in [5.41, 5.74) is 1.24. The third kappa shape index (κ3) is 3.32. The average molecular weight is 279 g/mol. The van der Waals surface area contributed by atoms with Gasteiger partial charge in [-0.3, -0.25) is 9.48 Å². The van der Waals surface area contributed by atoms with E-state index >= 15 is 0 Å². The Hall–Kier alpha value is -0.970. The van der Waals surface area contributed by atoms with Gasteiger partial charge < -0.3 is 5.32 Å². The second-order valence-electron chi connectivity index (χ2n) is 5.52. The number of thioether (sulfide) groups is 1. The molecule has 0 bridgehead atoms. The van der Waals surface area contributed by atoms with Gasteiger partial charge in [-0.05, 0) is 25.3 Å². The number of nitrogens with zero attached hydrogens (tertiary/aromatic N) is 2. The number of hydrogen-bond acceptors (Lipinski definition) is 3. The fourth-order valence-electron chi connectivity index (χ4n) is 3.01. The van der Waals surface area contributed by atoms with Crippen molar-refractivity contribution >= 4 is 17.7 Å². The molecule has 19 heavy (non-hydrogen) atoms. The summed E-state index contributed by atoms with van der Waals surface area (Å²) in [7, 11) is 0. The second-order valence-corrected chi connectivity index (χ2v) is 6.81. The Labute approximate surface area is 118 Å². The largest absolute Gasteiger partial charge is 0.352 e. The van der Waals surface area contributed by atoms with E-state index in [4.69, 9.17) is 0 Å². The zero-order chi connectivity index (χ0) is 13.1. The number of aromatic nitrogens is 2. The first-order valence-electron chi connectivity index (χ1n) is 7.23. The Bertz CT molecular complexity index is 440. The monoisotopic (exact) mass is 279 g/mol. The van der Waals surface area contributed by atoms with Gasteiger partial charge >= 0.3 is 0 Å². The molecule has 1 aliphatic heterocycles. The number of rotatable bonds is 4. The third-order valence-corrected chi connectivity index (χ3v) is 5.44. The highest BCUT2D eigenvalue weighted by atomic mass is 32.2. The van der Waals surface area contributed by atoms with Gasteiger partial charge in [-0.15, -0.1) is 11.8 Å². The van der Waals surface area contributed by atoms with Gasteiger partial charge in [0.1, 0.15) is 0 Å². The van der Waals surface area contributed by atoms with Gasteiger partial charge in [0.2, 0.25) is 5.91 Å². The molecule has 1 aromatic heterocycles. The van der Waals surface area contributed by atoms with Crippen LogP contribution in [-0.4, -0.2) is 32.7 Å². The van der Waals surface area contributed by atoms with Crippen LogP contribution >= 0.6 is 11.8 Å². The molecular weight excluding hydrogens is 258 g/mol. The standard InChI is InChI=1S/C14H21N3OS/c18-14(10-19-13-3-1-2-4-13)16-11-6-8-17-12(9-11)5-7-15-17/h5,7,11,13H,1-4,6,8-10H2,(H,16,18). The van der Waals surface area contributed by atoms with Crippen molar-refractivity contribution in [2.24, 2.45) is 0 Å². The smallest absolute Gasteiger partial charge is 0.230 e. The number of amides is 1. The van der Waals surface area contributed by atoms with E-state index in [0.717, 1.165) is 24.6 Å². The summed E-state index contributed by atoms with van der Waals surface area (Å²) < 4.78 is 2.04. The minimum absolute atomic E-state index is 0.204. The molecule has 3 rings (SSSR count). The minimum atomic E-state index is 0.204. The van der Waals surface area contributed by atoms with Crippen LogP contribution in [0.15, 0.2) is 12.3 Å². The van der Waals surface area contributed by atoms with Crippen LogP contribution in [-0.2, 0) is 17.8 Å². The maximum atomic E-state index is 12.0. The van der Waals surface area contributed by atoms with Crippen LogP contribution < -0.4 is 5.32 Å². The van der Waals surface area contributed by atoms with Gasteiger partial charge in [-0.2, -0.15) is 5.10 Å². The summed E-state index contributed by atoms with van der Waals surface area (Å²) in [6, 6.07) is 2.34. The zero-order valence-electron chi connectivity index (χ0n) is 11.2. The van der Waals surface area contributed by atoms with Crippen molar-refractivity contribution in [1.29, 1.82) is 0 Å². The Morgan fingerprint density at radius 2 is 2.26 bits per heavy atom. The van der Waals surface area contributed by atoms with Gasteiger partial charge in [-0.1, -0.05) is 12.8 Å². The van der Waals surface area contributed by atoms with Crippen LogP contribution in [0.2, 0.25) is 0 Å². The molecule has 2 aliphatic rings. The van der Waals surface area contributed by atoms with Crippen molar-refractivity contribution in [3.8, 4) is 0 Å². The Morgan fingerprint density at radius 3 is 3.11 bits per heavy atom. The molecule has 1 atom stereocenters. The molecule has 1 N–H and O–H groups in total. The third-order valence-electron chi connectivity index (χ3n) is 4.07. The lowest BCUT2D eigenvalue weighted by molar-refractivity contribution is -0.119. The van der Waals surface area contributed by atoms with Gasteiger partial charge in [0.25, 0.3) is 0 Å². The molecule has 104 valence electrons. The van der Waals surface area contributed by atoms with Crippen LogP contribution in [0, 0.1) is 0 Å². The van der Waals surface area contributed by atoms with Gasteiger partial charge in [0.15, 0.2) is 0 Å². The molecular formula is C14H21N3OS. The normalized spacial score (nSPS) is 23.3. The molecule has 1 saturated carbocycles. The topological polar surface area (TPSA) is 46.9 Å². The minimum Gasteiger partial charge on any atom is -0.352 e. The lowest BCUT2D eigenvalue weighted by Crippen LogP contribution is -2.41. The van der Waals surface area contributed by atoms with E-state index in [9.17, 15) is 4.79 Å². The predicted molar refractivity (Wildman–Crippen MR) is 77.2 cm³/mol. The van der Waals surface area contributed by atoms with E-state index in [2.05, 4.69) is 10.4 Å². The first kappa shape index (κ1) is 13.0. The van der Waals surface area contributed by atoms with Crippen molar-refractivity contribution in [2.75, 3.05) is 5.75 Å². The quantitative estimate of drug-likeness (QED) is 0.917. The molecule has 1 aromatic rings. The van der Waals surface area contributed by atoms with Crippen molar-refractivity contribution in [3.05, 3.63) is 18.0 Å². The van der Waals surface area contributed by atoms with E-state index < -0.39 is 0 Å². The van der Waals surface area contributed by atoms with Gasteiger partial charge in [-0.25, -0.2) is 0 Å². The number of hydrogen-bond donors (Lipinski definition) is 1. The van der Waals surface area contributed by atoms with Crippen molar-refractivity contribution in [1.82, 2.24) is 15.1 Å². The molecule has 0 saturated heterocycles. The summed E-state index contributed by atoms with van der Waals surface area (Å²) in [6.45, 7) is 0.920. The van der Waals surface area contributed by atoms with Crippen molar-refractivity contribution in [2.45, 2.75) is 56.4 Å². The molecule has 0 spiro atoms. The first-order valence-corrected chi connectivity index (χ1v) is 8.28. The summed E-state index contributed by atoms with van der Waals surface area (Å²) in [5, 5.41) is 8.15. The molecule has 1 unspecified atom stereocenters. The van der Waals surface area contributed by atoms with E-state index in [-0.39, 0.29) is 5.91 Å². The maximum Gasteiger partial charge on any atom is 0.230 e. The van der Waals surface area contributed by atoms with Crippen LogP contribution in [0.5, 0.6) is 0 Å². The van der Waals surface area contributed by atoms with E-state index in [1.54, 1.807) is 0 Å². The van der Waals surface area contributed by atoms with Crippen LogP contribution in [0.25, 0.3) is 0 Å². The molecule has 1 aliphatic carbocycles. The number of fused-ring (bicyclic) bond motifs is 1. The number of carbonyl (C=O) groups excluding carboxylic acids is 1. The van der Waals surface area contributed by atoms with Crippen LogP contribution in [0.1, 0.15) is 37.8 Å². The summed E-state index contributed by atoms with van der Waals surface area (Å²) in [6.07, 6.45) is 9.02. The van der Waals surface area contributed by atoms with Crippen molar-refractivity contribution in [3.63, 3.8) is 0 Å². The summed E-state index contributed by atoms with van der Waals surface area (Å²) >= 11 is 1.84. The molecule has 2 heterocycles. The summed E-state index contributed by atoms with van der Waals surface area (Å²) in [4.78, 5) is 12.0. The van der Waals surface area contributed by atoms with Gasteiger partial charge in [0.05, 0.1) is 5.75 Å². The maximum absolute atomic E-state index is 12.0. The van der Waals surface area contributed by atoms with Gasteiger partial charge in [0, 0.05) is 36.1 Å². The van der Waals surface area contributed by atoms with Crippen LogP contribution in [0.3, 0.4) is 0 Å². The van der Waals surface area contributed by atoms with E-state index in [1.807, 2.05) is 28.7 Å². The fraction of sp³-hybridized carbons (Fsp3) is 0.714.